The van der Waals surface area contributed by atoms with Gasteiger partial charge in [0, 0.05) is 18.5 Å². The number of halogens is 1. The van der Waals surface area contributed by atoms with Crippen LogP contribution in [0.15, 0.2) is 36.9 Å². The number of hydrogen-bond donors (Lipinski definition) is 1. The molecule has 0 amide bonds. The van der Waals surface area contributed by atoms with Gasteiger partial charge >= 0.3 is 0 Å². The van der Waals surface area contributed by atoms with Gasteiger partial charge in [0.1, 0.15) is 17.9 Å². The Hall–Kier alpha value is -2.70. The van der Waals surface area contributed by atoms with Crippen LogP contribution in [0.3, 0.4) is 0 Å². The minimum atomic E-state index is -0.423. The summed E-state index contributed by atoms with van der Waals surface area (Å²) in [6.07, 6.45) is 4.89. The van der Waals surface area contributed by atoms with Crippen molar-refractivity contribution < 1.29 is 9.13 Å². The van der Waals surface area contributed by atoms with Gasteiger partial charge in [0.05, 0.1) is 12.7 Å². The maximum atomic E-state index is 13.9. The first-order chi connectivity index (χ1) is 9.28. The average Bonchev–Trinajstić information content (AvgIpc) is 3.09. The number of aromatic amines is 1. The first-order valence-electron chi connectivity index (χ1n) is 5.52. The molecule has 1 aromatic carbocycles. The Balaban J connectivity index is 1.99. The van der Waals surface area contributed by atoms with E-state index in [2.05, 4.69) is 20.2 Å². The number of hydrogen-bond acceptors (Lipinski definition) is 4. The fourth-order valence-electron chi connectivity index (χ4n) is 1.68. The van der Waals surface area contributed by atoms with E-state index < -0.39 is 5.82 Å². The van der Waals surface area contributed by atoms with Crippen LogP contribution < -0.4 is 4.74 Å². The summed E-state index contributed by atoms with van der Waals surface area (Å²) in [7, 11) is 1.49. The number of nitrogens with one attached hydrogen (secondary N) is 1. The van der Waals surface area contributed by atoms with Gasteiger partial charge in [0.2, 0.25) is 0 Å². The van der Waals surface area contributed by atoms with Crippen LogP contribution in [-0.2, 0) is 0 Å². The van der Waals surface area contributed by atoms with Gasteiger partial charge in [-0.1, -0.05) is 0 Å². The smallest absolute Gasteiger partial charge is 0.254 e. The van der Waals surface area contributed by atoms with E-state index in [9.17, 15) is 4.39 Å². The lowest BCUT2D eigenvalue weighted by Gasteiger charge is -2.02. The highest BCUT2D eigenvalue weighted by Gasteiger charge is 2.12. The summed E-state index contributed by atoms with van der Waals surface area (Å²) in [5.74, 6) is 0.787. The standard InChI is InChI=1S/C12H10FN5O/c1-19-8-2-3-9(10(13)6-8)11-15-12(17-16-11)18-5-4-14-7-18/h2-7H,1H3,(H,15,16,17). The summed E-state index contributed by atoms with van der Waals surface area (Å²) >= 11 is 0. The van der Waals surface area contributed by atoms with Crippen LogP contribution >= 0.6 is 0 Å². The first kappa shape index (κ1) is 11.4. The second-order valence-electron chi connectivity index (χ2n) is 3.80. The molecule has 2 heterocycles. The van der Waals surface area contributed by atoms with Gasteiger partial charge in [-0.25, -0.2) is 9.37 Å². The average molecular weight is 259 g/mol. The molecule has 0 saturated heterocycles. The van der Waals surface area contributed by atoms with Crippen molar-refractivity contribution in [3.63, 3.8) is 0 Å². The molecule has 19 heavy (non-hydrogen) atoms. The van der Waals surface area contributed by atoms with Gasteiger partial charge in [0.25, 0.3) is 5.95 Å². The van der Waals surface area contributed by atoms with Crippen LogP contribution in [-0.4, -0.2) is 31.8 Å². The van der Waals surface area contributed by atoms with Gasteiger partial charge < -0.3 is 4.74 Å². The van der Waals surface area contributed by atoms with Crippen molar-refractivity contribution in [1.82, 2.24) is 24.7 Å². The van der Waals surface area contributed by atoms with Crippen LogP contribution in [0, 0.1) is 5.82 Å². The van der Waals surface area contributed by atoms with Gasteiger partial charge in [-0.05, 0) is 12.1 Å². The molecule has 0 radical (unpaired) electrons. The number of rotatable bonds is 3. The van der Waals surface area contributed by atoms with Crippen molar-refractivity contribution >= 4 is 0 Å². The summed E-state index contributed by atoms with van der Waals surface area (Å²) < 4.78 is 20.5. The number of H-pyrrole nitrogens is 1. The molecule has 1 N–H and O–H groups in total. The Kier molecular flexibility index (Phi) is 2.71. The van der Waals surface area contributed by atoms with Gasteiger partial charge in [0.15, 0.2) is 5.82 Å². The van der Waals surface area contributed by atoms with Crippen LogP contribution in [0.1, 0.15) is 0 Å². The topological polar surface area (TPSA) is 68.6 Å². The molecule has 3 rings (SSSR count). The summed E-state index contributed by atoms with van der Waals surface area (Å²) in [5, 5.41) is 6.71. The Morgan fingerprint density at radius 1 is 1.37 bits per heavy atom. The highest BCUT2D eigenvalue weighted by Crippen LogP contribution is 2.23. The zero-order chi connectivity index (χ0) is 13.2. The molecule has 3 aromatic rings. The summed E-state index contributed by atoms with van der Waals surface area (Å²) in [6, 6.07) is 4.55. The molecular weight excluding hydrogens is 249 g/mol. The minimum absolute atomic E-state index is 0.333. The molecule has 0 unspecified atom stereocenters. The van der Waals surface area contributed by atoms with Crippen LogP contribution in [0.4, 0.5) is 4.39 Å². The first-order valence-corrected chi connectivity index (χ1v) is 5.52. The number of aromatic nitrogens is 5. The molecule has 6 nitrogen and oxygen atoms in total. The number of imidazole rings is 1. The van der Waals surface area contributed by atoms with Crippen molar-refractivity contribution in [1.29, 1.82) is 0 Å². The fourth-order valence-corrected chi connectivity index (χ4v) is 1.68. The summed E-state index contributed by atoms with van der Waals surface area (Å²) in [5.41, 5.74) is 0.333. The fraction of sp³-hybridized carbons (Fsp3) is 0.0833. The van der Waals surface area contributed by atoms with E-state index in [-0.39, 0.29) is 0 Å². The molecule has 0 aliphatic rings. The van der Waals surface area contributed by atoms with E-state index in [4.69, 9.17) is 4.74 Å². The number of ether oxygens (including phenoxy) is 1. The van der Waals surface area contributed by atoms with E-state index >= 15 is 0 Å². The van der Waals surface area contributed by atoms with Crippen molar-refractivity contribution in [2.75, 3.05) is 7.11 Å². The molecule has 0 spiro atoms. The molecule has 0 saturated carbocycles. The number of methoxy groups -OCH3 is 1. The van der Waals surface area contributed by atoms with Crippen molar-refractivity contribution in [2.45, 2.75) is 0 Å². The molecular formula is C12H10FN5O. The van der Waals surface area contributed by atoms with E-state index in [1.54, 1.807) is 35.4 Å². The molecule has 96 valence electrons. The van der Waals surface area contributed by atoms with Crippen LogP contribution in [0.5, 0.6) is 5.75 Å². The lowest BCUT2D eigenvalue weighted by Crippen LogP contribution is -1.92. The van der Waals surface area contributed by atoms with E-state index in [0.717, 1.165) is 0 Å². The maximum absolute atomic E-state index is 13.9. The zero-order valence-corrected chi connectivity index (χ0v) is 10.0. The highest BCUT2D eigenvalue weighted by atomic mass is 19.1. The zero-order valence-electron chi connectivity index (χ0n) is 10.0. The van der Waals surface area contributed by atoms with E-state index in [1.165, 1.54) is 13.2 Å². The second-order valence-corrected chi connectivity index (χ2v) is 3.80. The molecule has 7 heteroatoms. The number of benzene rings is 1. The van der Waals surface area contributed by atoms with Crippen LogP contribution in [0.25, 0.3) is 17.3 Å². The molecule has 0 aliphatic carbocycles. The molecule has 0 aliphatic heterocycles. The third-order valence-corrected chi connectivity index (χ3v) is 2.64. The third kappa shape index (κ3) is 2.05. The summed E-state index contributed by atoms with van der Waals surface area (Å²) in [6.45, 7) is 0. The largest absolute Gasteiger partial charge is 0.497 e. The van der Waals surface area contributed by atoms with Gasteiger partial charge in [-0.2, -0.15) is 4.98 Å². The SMILES string of the molecule is COc1ccc(-c2nc(-n3ccnc3)n[nH]2)c(F)c1. The Labute approximate surface area is 107 Å². The molecule has 0 atom stereocenters. The Morgan fingerprint density at radius 2 is 2.26 bits per heavy atom. The van der Waals surface area contributed by atoms with Crippen molar-refractivity contribution in [2.24, 2.45) is 0 Å². The molecule has 2 aromatic heterocycles. The van der Waals surface area contributed by atoms with Crippen molar-refractivity contribution in [3.8, 4) is 23.1 Å². The minimum Gasteiger partial charge on any atom is -0.497 e. The Morgan fingerprint density at radius 3 is 2.95 bits per heavy atom. The lowest BCUT2D eigenvalue weighted by atomic mass is 10.2. The van der Waals surface area contributed by atoms with Crippen molar-refractivity contribution in [3.05, 3.63) is 42.7 Å². The second kappa shape index (κ2) is 4.52. The molecule has 0 fully saturated rings. The van der Waals surface area contributed by atoms with Gasteiger partial charge in [-0.3, -0.25) is 9.67 Å². The quantitative estimate of drug-likeness (QED) is 0.778. The Bertz CT molecular complexity index is 692. The van der Waals surface area contributed by atoms with Crippen LogP contribution in [0.2, 0.25) is 0 Å². The van der Waals surface area contributed by atoms with E-state index in [0.29, 0.717) is 23.1 Å². The van der Waals surface area contributed by atoms with Gasteiger partial charge in [-0.15, -0.1) is 5.10 Å². The predicted octanol–water partition coefficient (Wildman–Crippen LogP) is 1.81. The normalized spacial score (nSPS) is 10.6. The monoisotopic (exact) mass is 259 g/mol. The molecule has 0 bridgehead atoms. The van der Waals surface area contributed by atoms with E-state index in [1.807, 2.05) is 0 Å². The summed E-state index contributed by atoms with van der Waals surface area (Å²) in [4.78, 5) is 8.11. The highest BCUT2D eigenvalue weighted by molar-refractivity contribution is 5.57. The predicted molar refractivity (Wildman–Crippen MR) is 65.5 cm³/mol. The third-order valence-electron chi connectivity index (χ3n) is 2.64. The number of nitrogens with zero attached hydrogens (tertiary/aromatic N) is 4. The maximum Gasteiger partial charge on any atom is 0.254 e. The lowest BCUT2D eigenvalue weighted by molar-refractivity contribution is 0.411.